The summed E-state index contributed by atoms with van der Waals surface area (Å²) >= 11 is 0. The molecule has 0 amide bonds. The molecule has 0 saturated heterocycles. The van der Waals surface area contributed by atoms with Crippen LogP contribution >= 0.6 is 12.4 Å². The number of nitrogens with two attached hydrogens (primary N) is 1. The van der Waals surface area contributed by atoms with Crippen molar-refractivity contribution in [2.45, 2.75) is 26.8 Å². The van der Waals surface area contributed by atoms with Gasteiger partial charge in [0.05, 0.1) is 17.6 Å². The van der Waals surface area contributed by atoms with Crippen molar-refractivity contribution in [2.24, 2.45) is 0 Å². The normalized spacial score (nSPS) is 9.27. The summed E-state index contributed by atoms with van der Waals surface area (Å²) in [6, 6.07) is 0. The second-order valence-corrected chi connectivity index (χ2v) is 2.41. The lowest BCUT2D eigenvalue weighted by Gasteiger charge is -1.99. The van der Waals surface area contributed by atoms with Crippen LogP contribution in [0.15, 0.2) is 6.20 Å². The van der Waals surface area contributed by atoms with Crippen LogP contribution < -0.4 is 5.73 Å². The molecule has 64 valence electrons. The van der Waals surface area contributed by atoms with E-state index in [9.17, 15) is 0 Å². The fraction of sp³-hybridized carbons (Fsp3) is 0.571. The van der Waals surface area contributed by atoms with Gasteiger partial charge in [-0.1, -0.05) is 6.92 Å². The van der Waals surface area contributed by atoms with Crippen LogP contribution in [0.25, 0.3) is 0 Å². The molecule has 0 aliphatic carbocycles. The zero-order chi connectivity index (χ0) is 7.56. The fourth-order valence-electron chi connectivity index (χ4n) is 0.898. The van der Waals surface area contributed by atoms with E-state index < -0.39 is 0 Å². The fourth-order valence-corrected chi connectivity index (χ4v) is 0.898. The SMILES string of the molecule is CCCn1ncc(N)c1C.Cl. The second kappa shape index (κ2) is 4.23. The molecule has 0 fully saturated rings. The van der Waals surface area contributed by atoms with E-state index in [1.54, 1.807) is 6.20 Å². The molecule has 0 unspecified atom stereocenters. The number of nitrogens with zero attached hydrogens (tertiary/aromatic N) is 2. The van der Waals surface area contributed by atoms with E-state index in [2.05, 4.69) is 12.0 Å². The van der Waals surface area contributed by atoms with Crippen molar-refractivity contribution >= 4 is 18.1 Å². The third-order valence-corrected chi connectivity index (χ3v) is 1.58. The van der Waals surface area contributed by atoms with Gasteiger partial charge in [0.2, 0.25) is 0 Å². The molecule has 11 heavy (non-hydrogen) atoms. The van der Waals surface area contributed by atoms with E-state index in [1.165, 1.54) is 0 Å². The minimum atomic E-state index is 0. The highest BCUT2D eigenvalue weighted by Crippen LogP contribution is 2.07. The third-order valence-electron chi connectivity index (χ3n) is 1.58. The summed E-state index contributed by atoms with van der Waals surface area (Å²) in [4.78, 5) is 0. The Balaban J connectivity index is 0.000001000. The summed E-state index contributed by atoms with van der Waals surface area (Å²) in [7, 11) is 0. The van der Waals surface area contributed by atoms with Gasteiger partial charge in [0, 0.05) is 6.54 Å². The minimum absolute atomic E-state index is 0. The molecule has 1 aromatic rings. The molecule has 1 aromatic heterocycles. The summed E-state index contributed by atoms with van der Waals surface area (Å²) in [6.45, 7) is 5.07. The van der Waals surface area contributed by atoms with Crippen molar-refractivity contribution < 1.29 is 0 Å². The van der Waals surface area contributed by atoms with Crippen LogP contribution in [-0.2, 0) is 6.54 Å². The van der Waals surface area contributed by atoms with Gasteiger partial charge in [-0.3, -0.25) is 4.68 Å². The zero-order valence-corrected chi connectivity index (χ0v) is 7.69. The number of hydrogen-bond acceptors (Lipinski definition) is 2. The smallest absolute Gasteiger partial charge is 0.0730 e. The highest BCUT2D eigenvalue weighted by atomic mass is 35.5. The maximum atomic E-state index is 5.59. The van der Waals surface area contributed by atoms with Crippen LogP contribution in [0.1, 0.15) is 19.0 Å². The first-order chi connectivity index (χ1) is 4.75. The Labute approximate surface area is 73.0 Å². The number of nitrogen functional groups attached to an aromatic ring is 1. The first kappa shape index (κ1) is 10.3. The summed E-state index contributed by atoms with van der Waals surface area (Å²) < 4.78 is 1.93. The highest BCUT2D eigenvalue weighted by molar-refractivity contribution is 5.85. The lowest BCUT2D eigenvalue weighted by Crippen LogP contribution is -2.01. The molecule has 0 radical (unpaired) electrons. The Morgan fingerprint density at radius 1 is 1.64 bits per heavy atom. The largest absolute Gasteiger partial charge is 0.396 e. The Kier molecular flexibility index (Phi) is 3.97. The van der Waals surface area contributed by atoms with E-state index in [0.717, 1.165) is 24.3 Å². The molecule has 1 heterocycles. The maximum Gasteiger partial charge on any atom is 0.0730 e. The summed E-state index contributed by atoms with van der Waals surface area (Å²) in [5, 5.41) is 4.10. The van der Waals surface area contributed by atoms with Crippen LogP contribution in [0.5, 0.6) is 0 Å². The molecule has 3 nitrogen and oxygen atoms in total. The van der Waals surface area contributed by atoms with Gasteiger partial charge in [0.25, 0.3) is 0 Å². The number of anilines is 1. The molecule has 0 saturated carbocycles. The number of rotatable bonds is 2. The third kappa shape index (κ3) is 2.12. The Hall–Kier alpha value is -0.700. The number of aromatic nitrogens is 2. The molecular formula is C7H14ClN3. The predicted molar refractivity (Wildman–Crippen MR) is 48.9 cm³/mol. The van der Waals surface area contributed by atoms with Gasteiger partial charge in [0.15, 0.2) is 0 Å². The Morgan fingerprint density at radius 3 is 2.64 bits per heavy atom. The van der Waals surface area contributed by atoms with Crippen molar-refractivity contribution in [3.63, 3.8) is 0 Å². The molecular weight excluding hydrogens is 162 g/mol. The highest BCUT2D eigenvalue weighted by Gasteiger charge is 1.99. The zero-order valence-electron chi connectivity index (χ0n) is 6.87. The molecule has 0 aromatic carbocycles. The number of hydrogen-bond donors (Lipinski definition) is 1. The average Bonchev–Trinajstić information content (AvgIpc) is 2.20. The maximum absolute atomic E-state index is 5.59. The van der Waals surface area contributed by atoms with Crippen LogP contribution in [-0.4, -0.2) is 9.78 Å². The van der Waals surface area contributed by atoms with Gasteiger partial charge in [0.1, 0.15) is 0 Å². The lowest BCUT2D eigenvalue weighted by molar-refractivity contribution is 0.587. The van der Waals surface area contributed by atoms with Gasteiger partial charge >= 0.3 is 0 Å². The average molecular weight is 176 g/mol. The summed E-state index contributed by atoms with van der Waals surface area (Å²) in [6.07, 6.45) is 2.80. The van der Waals surface area contributed by atoms with Crippen LogP contribution in [0, 0.1) is 6.92 Å². The van der Waals surface area contributed by atoms with Gasteiger partial charge < -0.3 is 5.73 Å². The summed E-state index contributed by atoms with van der Waals surface area (Å²) in [5.41, 5.74) is 7.44. The van der Waals surface area contributed by atoms with Crippen molar-refractivity contribution in [1.29, 1.82) is 0 Å². The van der Waals surface area contributed by atoms with Gasteiger partial charge in [-0.15, -0.1) is 12.4 Å². The molecule has 0 atom stereocenters. The predicted octanol–water partition coefficient (Wildman–Crippen LogP) is 1.61. The van der Waals surface area contributed by atoms with Crippen molar-refractivity contribution in [2.75, 3.05) is 5.73 Å². The number of aryl methyl sites for hydroxylation is 1. The molecule has 0 bridgehead atoms. The minimum Gasteiger partial charge on any atom is -0.396 e. The lowest BCUT2D eigenvalue weighted by atomic mass is 10.4. The van der Waals surface area contributed by atoms with Crippen LogP contribution in [0.2, 0.25) is 0 Å². The Morgan fingerprint density at radius 2 is 2.27 bits per heavy atom. The molecule has 2 N–H and O–H groups in total. The van der Waals surface area contributed by atoms with E-state index >= 15 is 0 Å². The van der Waals surface area contributed by atoms with E-state index in [1.807, 2.05) is 11.6 Å². The van der Waals surface area contributed by atoms with E-state index in [-0.39, 0.29) is 12.4 Å². The topological polar surface area (TPSA) is 43.8 Å². The molecule has 1 rings (SSSR count). The van der Waals surface area contributed by atoms with Crippen molar-refractivity contribution in [1.82, 2.24) is 9.78 Å². The summed E-state index contributed by atoms with van der Waals surface area (Å²) in [5.74, 6) is 0. The van der Waals surface area contributed by atoms with Gasteiger partial charge in [-0.25, -0.2) is 0 Å². The first-order valence-corrected chi connectivity index (χ1v) is 3.53. The van der Waals surface area contributed by atoms with Crippen molar-refractivity contribution in [3.8, 4) is 0 Å². The van der Waals surface area contributed by atoms with E-state index in [0.29, 0.717) is 0 Å². The van der Waals surface area contributed by atoms with Crippen LogP contribution in [0.3, 0.4) is 0 Å². The molecule has 0 aliphatic rings. The Bertz CT molecular complexity index is 219. The standard InChI is InChI=1S/C7H13N3.ClH/c1-3-4-10-6(2)7(8)5-9-10;/h5H,3-4,8H2,1-2H3;1H. The molecule has 4 heteroatoms. The number of halogens is 1. The molecule has 0 aliphatic heterocycles. The quantitative estimate of drug-likeness (QED) is 0.742. The van der Waals surface area contributed by atoms with Gasteiger partial charge in [-0.2, -0.15) is 5.10 Å². The molecule has 0 spiro atoms. The first-order valence-electron chi connectivity index (χ1n) is 3.53. The van der Waals surface area contributed by atoms with Crippen LogP contribution in [0.4, 0.5) is 5.69 Å². The second-order valence-electron chi connectivity index (χ2n) is 2.41. The van der Waals surface area contributed by atoms with Crippen molar-refractivity contribution in [3.05, 3.63) is 11.9 Å². The monoisotopic (exact) mass is 175 g/mol. The van der Waals surface area contributed by atoms with E-state index in [4.69, 9.17) is 5.73 Å². The van der Waals surface area contributed by atoms with Gasteiger partial charge in [-0.05, 0) is 13.3 Å².